The van der Waals surface area contributed by atoms with Gasteiger partial charge in [-0.05, 0) is 41.4 Å². The molecule has 0 aliphatic heterocycles. The Morgan fingerprint density at radius 3 is 2.44 bits per heavy atom. The van der Waals surface area contributed by atoms with Crippen molar-refractivity contribution in [2.75, 3.05) is 0 Å². The molecule has 0 aliphatic carbocycles. The topological polar surface area (TPSA) is 17.1 Å². The third-order valence-electron chi connectivity index (χ3n) is 2.43. The highest BCUT2D eigenvalue weighted by atomic mass is 35.5. The van der Waals surface area contributed by atoms with E-state index in [4.69, 9.17) is 34.8 Å². The summed E-state index contributed by atoms with van der Waals surface area (Å²) in [5.74, 6) is -0.691. The molecule has 0 heterocycles. The number of carbonyl (C=O) groups is 1. The second kappa shape index (κ2) is 5.27. The predicted octanol–water partition coefficient (Wildman–Crippen LogP) is 5.18. The molecule has 0 saturated carbocycles. The summed E-state index contributed by atoms with van der Waals surface area (Å²) in [7, 11) is 0. The van der Waals surface area contributed by atoms with E-state index in [2.05, 4.69) is 0 Å². The Balaban J connectivity index is 2.75. The van der Waals surface area contributed by atoms with Gasteiger partial charge >= 0.3 is 0 Å². The first-order chi connectivity index (χ1) is 8.50. The van der Waals surface area contributed by atoms with Crippen LogP contribution in [0.15, 0.2) is 36.4 Å². The number of rotatable bonds is 2. The highest BCUT2D eigenvalue weighted by Crippen LogP contribution is 2.34. The minimum atomic E-state index is -0.876. The molecule has 2 aromatic carbocycles. The molecule has 92 valence electrons. The number of halogens is 4. The van der Waals surface area contributed by atoms with Gasteiger partial charge in [0.1, 0.15) is 5.82 Å². The normalized spacial score (nSPS) is 10.4. The van der Waals surface area contributed by atoms with Crippen molar-refractivity contribution in [2.24, 2.45) is 0 Å². The lowest BCUT2D eigenvalue weighted by atomic mass is 10.00. The van der Waals surface area contributed by atoms with Crippen LogP contribution >= 0.6 is 34.8 Å². The lowest BCUT2D eigenvalue weighted by Gasteiger charge is -2.09. The molecule has 18 heavy (non-hydrogen) atoms. The average molecular weight is 304 g/mol. The summed E-state index contributed by atoms with van der Waals surface area (Å²) in [6.45, 7) is 0. The van der Waals surface area contributed by atoms with Crippen LogP contribution in [0.4, 0.5) is 4.39 Å². The second-order valence-electron chi connectivity index (χ2n) is 3.56. The molecule has 2 rings (SSSR count). The maximum absolute atomic E-state index is 13.6. The van der Waals surface area contributed by atoms with Gasteiger partial charge in [-0.2, -0.15) is 0 Å². The zero-order valence-corrected chi connectivity index (χ0v) is 11.2. The molecule has 0 amide bonds. The zero-order chi connectivity index (χ0) is 13.3. The van der Waals surface area contributed by atoms with E-state index in [1.165, 1.54) is 6.07 Å². The molecule has 1 nitrogen and oxygen atoms in total. The minimum absolute atomic E-state index is 0.205. The number of benzene rings is 2. The molecule has 0 saturated heterocycles. The van der Waals surface area contributed by atoms with E-state index >= 15 is 0 Å². The van der Waals surface area contributed by atoms with E-state index in [1.807, 2.05) is 0 Å². The van der Waals surface area contributed by atoms with Crippen LogP contribution in [0.3, 0.4) is 0 Å². The molecule has 0 radical (unpaired) electrons. The fourth-order valence-electron chi connectivity index (χ4n) is 1.65. The number of carbonyl (C=O) groups excluding carboxylic acids is 1. The predicted molar refractivity (Wildman–Crippen MR) is 72.0 cm³/mol. The molecular formula is C13H6Cl3FO. The van der Waals surface area contributed by atoms with Crippen LogP contribution in [-0.4, -0.2) is 5.24 Å². The van der Waals surface area contributed by atoms with Crippen molar-refractivity contribution in [1.82, 2.24) is 0 Å². The standard InChI is InChI=1S/C13H6Cl3FO/c14-7-4-5-10(15)9(6-7)8-2-1-3-11(17)12(8)13(16)18/h1-6H. The Morgan fingerprint density at radius 1 is 1.06 bits per heavy atom. The van der Waals surface area contributed by atoms with Crippen LogP contribution in [0.1, 0.15) is 10.4 Å². The van der Waals surface area contributed by atoms with Gasteiger partial charge in [0.25, 0.3) is 5.24 Å². The first-order valence-corrected chi connectivity index (χ1v) is 6.08. The van der Waals surface area contributed by atoms with Crippen molar-refractivity contribution >= 4 is 40.0 Å². The van der Waals surface area contributed by atoms with Gasteiger partial charge in [-0.3, -0.25) is 4.79 Å². The monoisotopic (exact) mass is 302 g/mol. The third-order valence-corrected chi connectivity index (χ3v) is 3.18. The molecule has 0 fully saturated rings. The van der Waals surface area contributed by atoms with Crippen molar-refractivity contribution in [1.29, 1.82) is 0 Å². The largest absolute Gasteiger partial charge is 0.275 e. The maximum Gasteiger partial charge on any atom is 0.255 e. The van der Waals surface area contributed by atoms with Gasteiger partial charge in [0, 0.05) is 15.6 Å². The summed E-state index contributed by atoms with van der Waals surface area (Å²) in [5, 5.41) is -0.0741. The van der Waals surface area contributed by atoms with Crippen molar-refractivity contribution < 1.29 is 9.18 Å². The molecule has 0 atom stereocenters. The summed E-state index contributed by atoms with van der Waals surface area (Å²) in [4.78, 5) is 11.3. The maximum atomic E-state index is 13.6. The van der Waals surface area contributed by atoms with Gasteiger partial charge in [-0.15, -0.1) is 0 Å². The Morgan fingerprint density at radius 2 is 1.78 bits per heavy atom. The number of hydrogen-bond donors (Lipinski definition) is 0. The lowest BCUT2D eigenvalue weighted by Crippen LogP contribution is -1.98. The quantitative estimate of drug-likeness (QED) is 0.699. The summed E-state index contributed by atoms with van der Waals surface area (Å²) in [5.41, 5.74) is 0.582. The fraction of sp³-hybridized carbons (Fsp3) is 0. The van der Waals surface area contributed by atoms with Crippen LogP contribution in [0, 0.1) is 5.82 Å². The third kappa shape index (κ3) is 2.51. The highest BCUT2D eigenvalue weighted by Gasteiger charge is 2.17. The van der Waals surface area contributed by atoms with Gasteiger partial charge in [0.2, 0.25) is 0 Å². The van der Waals surface area contributed by atoms with Crippen LogP contribution in [0.2, 0.25) is 10.0 Å². The fourth-order valence-corrected chi connectivity index (χ4v) is 2.24. The lowest BCUT2D eigenvalue weighted by molar-refractivity contribution is 0.107. The average Bonchev–Trinajstić information content (AvgIpc) is 2.31. The molecule has 0 spiro atoms. The van der Waals surface area contributed by atoms with Crippen molar-refractivity contribution in [2.45, 2.75) is 0 Å². The van der Waals surface area contributed by atoms with E-state index in [0.29, 0.717) is 21.2 Å². The van der Waals surface area contributed by atoms with Crippen LogP contribution in [0.5, 0.6) is 0 Å². The minimum Gasteiger partial charge on any atom is -0.275 e. The Bertz CT molecular complexity index is 626. The van der Waals surface area contributed by atoms with Gasteiger partial charge in [0.05, 0.1) is 5.56 Å². The first kappa shape index (κ1) is 13.3. The zero-order valence-electron chi connectivity index (χ0n) is 8.88. The van der Waals surface area contributed by atoms with E-state index in [9.17, 15) is 9.18 Å². The first-order valence-electron chi connectivity index (χ1n) is 4.94. The molecule has 0 bridgehead atoms. The molecule has 0 N–H and O–H groups in total. The highest BCUT2D eigenvalue weighted by molar-refractivity contribution is 6.68. The molecule has 0 aliphatic rings. The molecule has 2 aromatic rings. The Kier molecular flexibility index (Phi) is 3.91. The van der Waals surface area contributed by atoms with Gasteiger partial charge in [0.15, 0.2) is 0 Å². The van der Waals surface area contributed by atoms with E-state index in [1.54, 1.807) is 24.3 Å². The number of hydrogen-bond acceptors (Lipinski definition) is 1. The van der Waals surface area contributed by atoms with E-state index in [0.717, 1.165) is 6.07 Å². The van der Waals surface area contributed by atoms with Crippen LogP contribution in [-0.2, 0) is 0 Å². The molecular weight excluding hydrogens is 297 g/mol. The Hall–Kier alpha value is -1.09. The summed E-state index contributed by atoms with van der Waals surface area (Å²) >= 11 is 17.3. The van der Waals surface area contributed by atoms with Gasteiger partial charge in [-0.25, -0.2) is 4.39 Å². The SMILES string of the molecule is O=C(Cl)c1c(F)cccc1-c1cc(Cl)ccc1Cl. The van der Waals surface area contributed by atoms with Crippen LogP contribution in [0.25, 0.3) is 11.1 Å². The van der Waals surface area contributed by atoms with Gasteiger partial charge in [-0.1, -0.05) is 35.3 Å². The van der Waals surface area contributed by atoms with E-state index < -0.39 is 11.1 Å². The summed E-state index contributed by atoms with van der Waals surface area (Å²) < 4.78 is 13.6. The second-order valence-corrected chi connectivity index (χ2v) is 4.75. The summed E-state index contributed by atoms with van der Waals surface area (Å²) in [6, 6.07) is 8.95. The van der Waals surface area contributed by atoms with Crippen molar-refractivity contribution in [3.8, 4) is 11.1 Å². The summed E-state index contributed by atoms with van der Waals surface area (Å²) in [6.07, 6.45) is 0. The van der Waals surface area contributed by atoms with Crippen molar-refractivity contribution in [3.05, 3.63) is 57.8 Å². The van der Waals surface area contributed by atoms with Crippen LogP contribution < -0.4 is 0 Å². The molecule has 5 heteroatoms. The van der Waals surface area contributed by atoms with E-state index in [-0.39, 0.29) is 5.56 Å². The molecule has 0 aromatic heterocycles. The Labute approximate surface area is 118 Å². The van der Waals surface area contributed by atoms with Crippen molar-refractivity contribution in [3.63, 3.8) is 0 Å². The smallest absolute Gasteiger partial charge is 0.255 e. The van der Waals surface area contributed by atoms with Gasteiger partial charge < -0.3 is 0 Å². The molecule has 0 unspecified atom stereocenters.